The standard InChI is InChI=1S/C29H30N6/c1-20-25(28(34(3)32-20)30-23-16-10-6-11-17-23)27(22-14-8-5-9-15-22)26-21(2)33-35(4)29(26)31-24-18-12-7-13-19-24/h5-19,27,30-31H,1-4H3. The van der Waals surface area contributed by atoms with Crippen molar-refractivity contribution >= 4 is 23.0 Å². The molecular formula is C29H30N6. The summed E-state index contributed by atoms with van der Waals surface area (Å²) in [6, 6.07) is 31.1. The Morgan fingerprint density at radius 2 is 0.943 bits per heavy atom. The van der Waals surface area contributed by atoms with E-state index in [1.54, 1.807) is 0 Å². The lowest BCUT2D eigenvalue weighted by Crippen LogP contribution is -2.11. The number of aryl methyl sites for hydroxylation is 4. The van der Waals surface area contributed by atoms with Gasteiger partial charge in [0.15, 0.2) is 0 Å². The van der Waals surface area contributed by atoms with Gasteiger partial charge in [-0.1, -0.05) is 66.7 Å². The summed E-state index contributed by atoms with van der Waals surface area (Å²) < 4.78 is 3.87. The van der Waals surface area contributed by atoms with Crippen molar-refractivity contribution in [1.29, 1.82) is 0 Å². The van der Waals surface area contributed by atoms with E-state index >= 15 is 0 Å². The molecule has 5 aromatic rings. The molecule has 0 fully saturated rings. The average molecular weight is 463 g/mol. The first-order valence-electron chi connectivity index (χ1n) is 11.8. The van der Waals surface area contributed by atoms with Gasteiger partial charge in [-0.05, 0) is 43.7 Å². The highest BCUT2D eigenvalue weighted by atomic mass is 15.3. The molecule has 0 saturated carbocycles. The first-order chi connectivity index (χ1) is 17.0. The average Bonchev–Trinajstić information content (AvgIpc) is 3.30. The van der Waals surface area contributed by atoms with Crippen molar-refractivity contribution in [3.8, 4) is 0 Å². The Hall–Kier alpha value is -4.32. The van der Waals surface area contributed by atoms with Gasteiger partial charge < -0.3 is 10.6 Å². The van der Waals surface area contributed by atoms with Gasteiger partial charge in [-0.25, -0.2) is 0 Å². The highest BCUT2D eigenvalue weighted by molar-refractivity contribution is 5.69. The molecule has 0 radical (unpaired) electrons. The number of aromatic nitrogens is 4. The van der Waals surface area contributed by atoms with Crippen LogP contribution >= 0.6 is 0 Å². The molecule has 6 nitrogen and oxygen atoms in total. The minimum Gasteiger partial charge on any atom is -0.340 e. The molecule has 3 aromatic carbocycles. The SMILES string of the molecule is Cc1nn(C)c(Nc2ccccc2)c1C(c1ccccc1)c1c(C)nn(C)c1Nc1ccccc1. The zero-order chi connectivity index (χ0) is 24.4. The third-order valence-electron chi connectivity index (χ3n) is 6.32. The Labute approximate surface area is 206 Å². The molecule has 2 heterocycles. The Kier molecular flexibility index (Phi) is 6.10. The van der Waals surface area contributed by atoms with Crippen LogP contribution in [0.15, 0.2) is 91.0 Å². The van der Waals surface area contributed by atoms with Crippen LogP contribution in [0.1, 0.15) is 34.0 Å². The van der Waals surface area contributed by atoms with E-state index in [0.717, 1.165) is 45.5 Å². The van der Waals surface area contributed by atoms with Crippen molar-refractivity contribution in [3.63, 3.8) is 0 Å². The van der Waals surface area contributed by atoms with Crippen LogP contribution in [-0.4, -0.2) is 19.6 Å². The van der Waals surface area contributed by atoms with Crippen LogP contribution in [0.4, 0.5) is 23.0 Å². The van der Waals surface area contributed by atoms with Gasteiger partial charge in [-0.3, -0.25) is 9.36 Å². The van der Waals surface area contributed by atoms with Crippen molar-refractivity contribution < 1.29 is 0 Å². The minimum atomic E-state index is -0.0731. The number of para-hydroxylation sites is 2. The van der Waals surface area contributed by atoms with E-state index < -0.39 is 0 Å². The number of nitrogens with zero attached hydrogens (tertiary/aromatic N) is 4. The van der Waals surface area contributed by atoms with E-state index in [9.17, 15) is 0 Å². The second kappa shape index (κ2) is 9.50. The summed E-state index contributed by atoms with van der Waals surface area (Å²) in [5.74, 6) is 1.86. The summed E-state index contributed by atoms with van der Waals surface area (Å²) in [5.41, 5.74) is 7.46. The smallest absolute Gasteiger partial charge is 0.132 e. The van der Waals surface area contributed by atoms with Crippen molar-refractivity contribution in [2.45, 2.75) is 19.8 Å². The molecule has 2 N–H and O–H groups in total. The molecular weight excluding hydrogens is 432 g/mol. The maximum absolute atomic E-state index is 4.84. The van der Waals surface area contributed by atoms with E-state index in [0.29, 0.717) is 0 Å². The molecule has 5 rings (SSSR count). The van der Waals surface area contributed by atoms with Gasteiger partial charge in [0.25, 0.3) is 0 Å². The largest absolute Gasteiger partial charge is 0.340 e. The summed E-state index contributed by atoms with van der Waals surface area (Å²) in [6.45, 7) is 4.16. The number of benzene rings is 3. The molecule has 0 aliphatic rings. The Bertz CT molecular complexity index is 1330. The third kappa shape index (κ3) is 4.43. The lowest BCUT2D eigenvalue weighted by atomic mass is 9.84. The number of rotatable bonds is 7. The van der Waals surface area contributed by atoms with Crippen LogP contribution in [0.25, 0.3) is 0 Å². The van der Waals surface area contributed by atoms with Crippen molar-refractivity contribution in [3.05, 3.63) is 119 Å². The van der Waals surface area contributed by atoms with Gasteiger partial charge in [-0.2, -0.15) is 10.2 Å². The molecule has 6 heteroatoms. The Balaban J connectivity index is 1.71. The van der Waals surface area contributed by atoms with Crippen LogP contribution in [0, 0.1) is 13.8 Å². The number of nitrogens with one attached hydrogen (secondary N) is 2. The van der Waals surface area contributed by atoms with Crippen LogP contribution < -0.4 is 10.6 Å². The van der Waals surface area contributed by atoms with E-state index in [4.69, 9.17) is 10.2 Å². The highest BCUT2D eigenvalue weighted by Crippen LogP contribution is 2.43. The van der Waals surface area contributed by atoms with Crippen LogP contribution in [-0.2, 0) is 14.1 Å². The van der Waals surface area contributed by atoms with Gasteiger partial charge >= 0.3 is 0 Å². The summed E-state index contributed by atoms with van der Waals surface area (Å²) in [5, 5.41) is 16.9. The van der Waals surface area contributed by atoms with Gasteiger partial charge in [0, 0.05) is 42.5 Å². The second-order valence-corrected chi connectivity index (χ2v) is 8.77. The molecule has 0 unspecified atom stereocenters. The lowest BCUT2D eigenvalue weighted by Gasteiger charge is -2.22. The number of anilines is 4. The second-order valence-electron chi connectivity index (χ2n) is 8.77. The quantitative estimate of drug-likeness (QED) is 0.292. The Morgan fingerprint density at radius 1 is 0.571 bits per heavy atom. The summed E-state index contributed by atoms with van der Waals surface area (Å²) in [6.07, 6.45) is 0. The predicted octanol–water partition coefficient (Wildman–Crippen LogP) is 6.44. The number of hydrogen-bond donors (Lipinski definition) is 2. The molecule has 35 heavy (non-hydrogen) atoms. The van der Waals surface area contributed by atoms with Crippen molar-refractivity contribution in [2.24, 2.45) is 14.1 Å². The third-order valence-corrected chi connectivity index (χ3v) is 6.32. The van der Waals surface area contributed by atoms with Gasteiger partial charge in [0.2, 0.25) is 0 Å². The predicted molar refractivity (Wildman–Crippen MR) is 143 cm³/mol. The van der Waals surface area contributed by atoms with E-state index in [2.05, 4.69) is 79.1 Å². The summed E-state index contributed by atoms with van der Waals surface area (Å²) >= 11 is 0. The van der Waals surface area contributed by atoms with Crippen molar-refractivity contribution in [2.75, 3.05) is 10.6 Å². The lowest BCUT2D eigenvalue weighted by molar-refractivity contribution is 0.765. The van der Waals surface area contributed by atoms with Gasteiger partial charge in [0.1, 0.15) is 11.6 Å². The van der Waals surface area contributed by atoms with Crippen LogP contribution in [0.2, 0.25) is 0 Å². The maximum atomic E-state index is 4.84. The van der Waals surface area contributed by atoms with Crippen LogP contribution in [0.3, 0.4) is 0 Å². The molecule has 0 amide bonds. The zero-order valence-corrected chi connectivity index (χ0v) is 20.5. The molecule has 0 saturated heterocycles. The molecule has 0 bridgehead atoms. The first-order valence-corrected chi connectivity index (χ1v) is 11.8. The zero-order valence-electron chi connectivity index (χ0n) is 20.5. The normalized spacial score (nSPS) is 11.1. The molecule has 2 aromatic heterocycles. The van der Waals surface area contributed by atoms with Crippen molar-refractivity contribution in [1.82, 2.24) is 19.6 Å². The minimum absolute atomic E-state index is 0.0731. The fourth-order valence-corrected chi connectivity index (χ4v) is 4.78. The van der Waals surface area contributed by atoms with E-state index in [-0.39, 0.29) is 5.92 Å². The summed E-state index contributed by atoms with van der Waals surface area (Å²) in [4.78, 5) is 0. The van der Waals surface area contributed by atoms with Gasteiger partial charge in [0.05, 0.1) is 11.4 Å². The van der Waals surface area contributed by atoms with E-state index in [1.165, 1.54) is 5.56 Å². The number of hydrogen-bond acceptors (Lipinski definition) is 4. The molecule has 176 valence electrons. The van der Waals surface area contributed by atoms with E-state index in [1.807, 2.05) is 59.9 Å². The summed E-state index contributed by atoms with van der Waals surface area (Å²) in [7, 11) is 3.98. The van der Waals surface area contributed by atoms with Crippen LogP contribution in [0.5, 0.6) is 0 Å². The fraction of sp³-hybridized carbons (Fsp3) is 0.172. The highest BCUT2D eigenvalue weighted by Gasteiger charge is 2.31. The fourth-order valence-electron chi connectivity index (χ4n) is 4.78. The monoisotopic (exact) mass is 462 g/mol. The molecule has 0 aliphatic carbocycles. The molecule has 0 spiro atoms. The Morgan fingerprint density at radius 3 is 1.34 bits per heavy atom. The molecule has 0 aliphatic heterocycles. The maximum Gasteiger partial charge on any atom is 0.132 e. The molecule has 0 atom stereocenters. The van der Waals surface area contributed by atoms with Gasteiger partial charge in [-0.15, -0.1) is 0 Å². The topological polar surface area (TPSA) is 59.7 Å². The first kappa shape index (κ1) is 22.5.